The number of ketones is 1. The van der Waals surface area contributed by atoms with E-state index in [0.29, 0.717) is 11.3 Å². The molecule has 0 aliphatic carbocycles. The SMILES string of the molecule is CC(=O)c1ccccc1NC(=O)COC(=O)[C@H](C)Sc1ccccc1. The number of esters is 1. The molecule has 0 saturated carbocycles. The molecule has 1 atom stereocenters. The van der Waals surface area contributed by atoms with Crippen LogP contribution in [-0.2, 0) is 14.3 Å². The molecular formula is C19H19NO4S. The van der Waals surface area contributed by atoms with Crippen molar-refractivity contribution in [2.75, 3.05) is 11.9 Å². The van der Waals surface area contributed by atoms with Crippen LogP contribution in [0.25, 0.3) is 0 Å². The maximum absolute atomic E-state index is 12.0. The molecule has 2 aromatic carbocycles. The molecule has 25 heavy (non-hydrogen) atoms. The first kappa shape index (κ1) is 18.7. The van der Waals surface area contributed by atoms with Gasteiger partial charge in [-0.25, -0.2) is 0 Å². The van der Waals surface area contributed by atoms with Crippen LogP contribution in [0.5, 0.6) is 0 Å². The number of carbonyl (C=O) groups excluding carboxylic acids is 3. The van der Waals surface area contributed by atoms with Crippen molar-refractivity contribution >= 4 is 35.1 Å². The van der Waals surface area contributed by atoms with Gasteiger partial charge in [0.05, 0.1) is 5.69 Å². The summed E-state index contributed by atoms with van der Waals surface area (Å²) in [4.78, 5) is 36.5. The summed E-state index contributed by atoms with van der Waals surface area (Å²) in [6.45, 7) is 2.75. The van der Waals surface area contributed by atoms with Gasteiger partial charge in [0.2, 0.25) is 0 Å². The Balaban J connectivity index is 1.85. The van der Waals surface area contributed by atoms with Crippen LogP contribution in [0.3, 0.4) is 0 Å². The van der Waals surface area contributed by atoms with Gasteiger partial charge in [-0.1, -0.05) is 30.3 Å². The largest absolute Gasteiger partial charge is 0.455 e. The lowest BCUT2D eigenvalue weighted by Crippen LogP contribution is -2.25. The van der Waals surface area contributed by atoms with E-state index in [1.54, 1.807) is 31.2 Å². The average molecular weight is 357 g/mol. The first-order chi connectivity index (χ1) is 12.0. The van der Waals surface area contributed by atoms with Crippen molar-refractivity contribution in [3.8, 4) is 0 Å². The van der Waals surface area contributed by atoms with E-state index in [-0.39, 0.29) is 5.78 Å². The van der Waals surface area contributed by atoms with Crippen molar-refractivity contribution in [2.24, 2.45) is 0 Å². The lowest BCUT2D eigenvalue weighted by molar-refractivity contribution is -0.146. The molecule has 0 aliphatic heterocycles. The minimum atomic E-state index is -0.487. The lowest BCUT2D eigenvalue weighted by Gasteiger charge is -2.12. The van der Waals surface area contributed by atoms with Crippen molar-refractivity contribution in [3.63, 3.8) is 0 Å². The van der Waals surface area contributed by atoms with Gasteiger partial charge in [0.15, 0.2) is 12.4 Å². The molecule has 1 amide bonds. The Morgan fingerprint density at radius 2 is 1.68 bits per heavy atom. The van der Waals surface area contributed by atoms with Crippen molar-refractivity contribution in [3.05, 3.63) is 60.2 Å². The molecule has 0 heterocycles. The summed E-state index contributed by atoms with van der Waals surface area (Å²) in [6, 6.07) is 16.2. The minimum absolute atomic E-state index is 0.152. The molecule has 0 saturated heterocycles. The number of ether oxygens (including phenoxy) is 1. The first-order valence-corrected chi connectivity index (χ1v) is 8.63. The third kappa shape index (κ3) is 5.76. The fraction of sp³-hybridized carbons (Fsp3) is 0.211. The van der Waals surface area contributed by atoms with Crippen LogP contribution >= 0.6 is 11.8 Å². The normalized spacial score (nSPS) is 11.4. The van der Waals surface area contributed by atoms with E-state index in [1.807, 2.05) is 30.3 Å². The smallest absolute Gasteiger partial charge is 0.319 e. The van der Waals surface area contributed by atoms with Crippen LogP contribution in [0.2, 0.25) is 0 Å². The molecule has 1 N–H and O–H groups in total. The summed E-state index contributed by atoms with van der Waals surface area (Å²) >= 11 is 1.36. The second-order valence-corrected chi connectivity index (χ2v) is 6.75. The van der Waals surface area contributed by atoms with Gasteiger partial charge in [0.1, 0.15) is 5.25 Å². The van der Waals surface area contributed by atoms with Gasteiger partial charge < -0.3 is 10.1 Å². The maximum Gasteiger partial charge on any atom is 0.319 e. The molecule has 5 nitrogen and oxygen atoms in total. The highest BCUT2D eigenvalue weighted by atomic mass is 32.2. The molecule has 2 aromatic rings. The predicted molar refractivity (Wildman–Crippen MR) is 97.8 cm³/mol. The molecule has 0 bridgehead atoms. The Bertz CT molecular complexity index is 761. The monoisotopic (exact) mass is 357 g/mol. The number of benzene rings is 2. The highest BCUT2D eigenvalue weighted by Crippen LogP contribution is 2.23. The number of carbonyl (C=O) groups is 3. The standard InChI is InChI=1S/C19H19NO4S/c1-13(21)16-10-6-7-11-17(16)20-18(22)12-24-19(23)14(2)25-15-8-4-3-5-9-15/h3-11,14H,12H2,1-2H3,(H,20,22)/t14-/m0/s1. The number of amides is 1. The molecule has 0 aromatic heterocycles. The van der Waals surface area contributed by atoms with Crippen LogP contribution in [0.1, 0.15) is 24.2 Å². The summed E-state index contributed by atoms with van der Waals surface area (Å²) in [6.07, 6.45) is 0. The van der Waals surface area contributed by atoms with Gasteiger partial charge >= 0.3 is 5.97 Å². The van der Waals surface area contributed by atoms with E-state index in [4.69, 9.17) is 4.74 Å². The van der Waals surface area contributed by atoms with Crippen LogP contribution in [0.15, 0.2) is 59.5 Å². The number of nitrogens with one attached hydrogen (secondary N) is 1. The molecule has 130 valence electrons. The summed E-state index contributed by atoms with van der Waals surface area (Å²) in [5, 5.41) is 2.16. The topological polar surface area (TPSA) is 72.5 Å². The Kier molecular flexibility index (Phi) is 6.77. The fourth-order valence-electron chi connectivity index (χ4n) is 2.09. The zero-order valence-electron chi connectivity index (χ0n) is 14.0. The number of hydrogen-bond acceptors (Lipinski definition) is 5. The number of thioether (sulfide) groups is 1. The third-order valence-corrected chi connectivity index (χ3v) is 4.40. The van der Waals surface area contributed by atoms with Gasteiger partial charge in [-0.3, -0.25) is 14.4 Å². The predicted octanol–water partition coefficient (Wildman–Crippen LogP) is 3.55. The molecule has 0 unspecified atom stereocenters. The van der Waals surface area contributed by atoms with Crippen molar-refractivity contribution < 1.29 is 19.1 Å². The van der Waals surface area contributed by atoms with Gasteiger partial charge in [-0.15, -0.1) is 11.8 Å². The fourth-order valence-corrected chi connectivity index (χ4v) is 2.98. The van der Waals surface area contributed by atoms with Crippen molar-refractivity contribution in [1.82, 2.24) is 0 Å². The second kappa shape index (κ2) is 9.03. The first-order valence-electron chi connectivity index (χ1n) is 7.75. The van der Waals surface area contributed by atoms with Crippen LogP contribution < -0.4 is 5.32 Å². The third-order valence-electron chi connectivity index (χ3n) is 3.31. The van der Waals surface area contributed by atoms with Crippen LogP contribution in [-0.4, -0.2) is 29.5 Å². The Morgan fingerprint density at radius 3 is 2.36 bits per heavy atom. The summed E-state index contributed by atoms with van der Waals surface area (Å²) in [7, 11) is 0. The Morgan fingerprint density at radius 1 is 1.04 bits per heavy atom. The van der Waals surface area contributed by atoms with E-state index in [2.05, 4.69) is 5.32 Å². The van der Waals surface area contributed by atoms with Crippen LogP contribution in [0.4, 0.5) is 5.69 Å². The number of hydrogen-bond donors (Lipinski definition) is 1. The Hall–Kier alpha value is -2.60. The molecule has 0 spiro atoms. The molecule has 0 aliphatic rings. The highest BCUT2D eigenvalue weighted by molar-refractivity contribution is 8.00. The van der Waals surface area contributed by atoms with Crippen molar-refractivity contribution in [1.29, 1.82) is 0 Å². The number of anilines is 1. The molecule has 0 radical (unpaired) electrons. The van der Waals surface area contributed by atoms with Gasteiger partial charge in [-0.05, 0) is 38.1 Å². The summed E-state index contributed by atoms with van der Waals surface area (Å²) in [5.74, 6) is -1.11. The van der Waals surface area contributed by atoms with Crippen molar-refractivity contribution in [2.45, 2.75) is 24.0 Å². The van der Waals surface area contributed by atoms with E-state index in [9.17, 15) is 14.4 Å². The number of Topliss-reactive ketones (excluding diaryl/α,β-unsaturated/α-hetero) is 1. The average Bonchev–Trinajstić information content (AvgIpc) is 2.60. The summed E-state index contributed by atoms with van der Waals surface area (Å²) in [5.41, 5.74) is 0.818. The highest BCUT2D eigenvalue weighted by Gasteiger charge is 2.18. The molecule has 2 rings (SSSR count). The van der Waals surface area contributed by atoms with Gasteiger partial charge in [0, 0.05) is 10.5 Å². The zero-order valence-corrected chi connectivity index (χ0v) is 14.8. The number of rotatable bonds is 7. The van der Waals surface area contributed by atoms with E-state index >= 15 is 0 Å². The number of para-hydroxylation sites is 1. The summed E-state index contributed by atoms with van der Waals surface area (Å²) < 4.78 is 5.05. The van der Waals surface area contributed by atoms with E-state index in [1.165, 1.54) is 18.7 Å². The second-order valence-electron chi connectivity index (χ2n) is 5.33. The van der Waals surface area contributed by atoms with Gasteiger partial charge in [-0.2, -0.15) is 0 Å². The van der Waals surface area contributed by atoms with E-state index < -0.39 is 23.7 Å². The van der Waals surface area contributed by atoms with E-state index in [0.717, 1.165) is 4.90 Å². The maximum atomic E-state index is 12.0. The Labute approximate surface area is 150 Å². The molecule has 6 heteroatoms. The molecular weight excluding hydrogens is 338 g/mol. The lowest BCUT2D eigenvalue weighted by atomic mass is 10.1. The van der Waals surface area contributed by atoms with Crippen LogP contribution in [0, 0.1) is 0 Å². The quantitative estimate of drug-likeness (QED) is 0.466. The minimum Gasteiger partial charge on any atom is -0.455 e. The molecule has 0 fully saturated rings. The van der Waals surface area contributed by atoms with Gasteiger partial charge in [0.25, 0.3) is 5.91 Å². The zero-order chi connectivity index (χ0) is 18.2.